The van der Waals surface area contributed by atoms with E-state index >= 15 is 0 Å². The van der Waals surface area contributed by atoms with Crippen molar-refractivity contribution in [3.05, 3.63) is 35.4 Å². The van der Waals surface area contributed by atoms with Crippen LogP contribution in [0.15, 0.2) is 29.4 Å². The van der Waals surface area contributed by atoms with Crippen LogP contribution in [0.3, 0.4) is 0 Å². The molecule has 7 heteroatoms. The Morgan fingerprint density at radius 1 is 1.30 bits per heavy atom. The van der Waals surface area contributed by atoms with Crippen LogP contribution in [0.2, 0.25) is 0 Å². The number of aryl methyl sites for hydroxylation is 1. The van der Waals surface area contributed by atoms with Gasteiger partial charge in [0, 0.05) is 13.6 Å². The lowest BCUT2D eigenvalue weighted by molar-refractivity contribution is -0.127. The maximum absolute atomic E-state index is 12.3. The third-order valence-corrected chi connectivity index (χ3v) is 4.40. The summed E-state index contributed by atoms with van der Waals surface area (Å²) in [5.74, 6) is 0.375. The molecule has 1 heterocycles. The minimum atomic E-state index is -0.206. The Morgan fingerprint density at radius 3 is 2.65 bits per heavy atom. The van der Waals surface area contributed by atoms with Crippen molar-refractivity contribution in [1.29, 1.82) is 0 Å². The smallest absolute Gasteiger partial charge is 0.233 e. The van der Waals surface area contributed by atoms with Crippen LogP contribution in [0.25, 0.3) is 0 Å². The highest BCUT2D eigenvalue weighted by atomic mass is 32.2. The molecule has 0 aliphatic carbocycles. The molecule has 0 N–H and O–H groups in total. The minimum Gasteiger partial charge on any atom is -0.341 e. The zero-order valence-corrected chi connectivity index (χ0v) is 15.1. The van der Waals surface area contributed by atoms with Crippen LogP contribution in [0, 0.1) is 6.92 Å². The van der Waals surface area contributed by atoms with Crippen LogP contribution in [-0.4, -0.2) is 43.8 Å². The molecule has 0 radical (unpaired) electrons. The SMILES string of the molecule is Cc1ccccc1CN(C)C(=O)CSc1nnnn1C(C)(C)C. The number of carbonyl (C=O) groups excluding carboxylic acids is 1. The maximum atomic E-state index is 12.3. The summed E-state index contributed by atoms with van der Waals surface area (Å²) in [5.41, 5.74) is 2.14. The molecular formula is C16H23N5OS. The molecule has 0 aliphatic rings. The fourth-order valence-corrected chi connectivity index (χ4v) is 3.06. The van der Waals surface area contributed by atoms with Crippen molar-refractivity contribution in [2.24, 2.45) is 0 Å². The van der Waals surface area contributed by atoms with E-state index < -0.39 is 0 Å². The molecule has 6 nitrogen and oxygen atoms in total. The van der Waals surface area contributed by atoms with Crippen molar-refractivity contribution in [2.75, 3.05) is 12.8 Å². The van der Waals surface area contributed by atoms with E-state index in [4.69, 9.17) is 0 Å². The monoisotopic (exact) mass is 333 g/mol. The fourth-order valence-electron chi connectivity index (χ4n) is 2.06. The van der Waals surface area contributed by atoms with Gasteiger partial charge in [-0.3, -0.25) is 4.79 Å². The van der Waals surface area contributed by atoms with Crippen LogP contribution in [-0.2, 0) is 16.9 Å². The van der Waals surface area contributed by atoms with E-state index in [-0.39, 0.29) is 11.4 Å². The number of tetrazole rings is 1. The van der Waals surface area contributed by atoms with Gasteiger partial charge < -0.3 is 4.90 Å². The maximum Gasteiger partial charge on any atom is 0.233 e. The summed E-state index contributed by atoms with van der Waals surface area (Å²) >= 11 is 1.37. The van der Waals surface area contributed by atoms with E-state index in [1.54, 1.807) is 9.58 Å². The predicted molar refractivity (Wildman–Crippen MR) is 91.2 cm³/mol. The number of carbonyl (C=O) groups is 1. The lowest BCUT2D eigenvalue weighted by Crippen LogP contribution is -2.29. The van der Waals surface area contributed by atoms with Crippen molar-refractivity contribution in [3.63, 3.8) is 0 Å². The van der Waals surface area contributed by atoms with E-state index in [1.165, 1.54) is 17.3 Å². The first kappa shape index (κ1) is 17.5. The van der Waals surface area contributed by atoms with Gasteiger partial charge in [0.05, 0.1) is 11.3 Å². The number of aromatic nitrogens is 4. The molecule has 2 rings (SSSR count). The molecule has 0 unspecified atom stereocenters. The first-order valence-corrected chi connectivity index (χ1v) is 8.47. The second kappa shape index (κ2) is 7.12. The second-order valence-electron chi connectivity index (χ2n) is 6.51. The Bertz CT molecular complexity index is 677. The van der Waals surface area contributed by atoms with Crippen LogP contribution in [0.4, 0.5) is 0 Å². The van der Waals surface area contributed by atoms with Crippen molar-refractivity contribution in [2.45, 2.75) is 44.9 Å². The number of thioether (sulfide) groups is 1. The Balaban J connectivity index is 1.95. The summed E-state index contributed by atoms with van der Waals surface area (Å²) in [6.07, 6.45) is 0. The van der Waals surface area contributed by atoms with Crippen molar-refractivity contribution >= 4 is 17.7 Å². The van der Waals surface area contributed by atoms with Crippen LogP contribution in [0.5, 0.6) is 0 Å². The van der Waals surface area contributed by atoms with Crippen LogP contribution in [0.1, 0.15) is 31.9 Å². The van der Waals surface area contributed by atoms with Gasteiger partial charge in [-0.25, -0.2) is 4.68 Å². The van der Waals surface area contributed by atoms with Crippen molar-refractivity contribution in [3.8, 4) is 0 Å². The highest BCUT2D eigenvalue weighted by Gasteiger charge is 2.21. The molecule has 0 spiro atoms. The zero-order valence-electron chi connectivity index (χ0n) is 14.3. The standard InChI is InChI=1S/C16H23N5OS/c1-12-8-6-7-9-13(12)10-20(5)14(22)11-23-15-17-18-19-21(15)16(2,3)4/h6-9H,10-11H2,1-5H3. The molecule has 1 amide bonds. The van der Waals surface area contributed by atoms with Gasteiger partial charge in [0.1, 0.15) is 0 Å². The van der Waals surface area contributed by atoms with Gasteiger partial charge in [-0.15, -0.1) is 5.10 Å². The number of nitrogens with zero attached hydrogens (tertiary/aromatic N) is 5. The van der Waals surface area contributed by atoms with Crippen molar-refractivity contribution < 1.29 is 4.79 Å². The van der Waals surface area contributed by atoms with Gasteiger partial charge in [-0.05, 0) is 49.2 Å². The first-order valence-electron chi connectivity index (χ1n) is 7.49. The highest BCUT2D eigenvalue weighted by Crippen LogP contribution is 2.21. The molecule has 23 heavy (non-hydrogen) atoms. The van der Waals surface area contributed by atoms with E-state index in [0.29, 0.717) is 17.5 Å². The quantitative estimate of drug-likeness (QED) is 0.787. The second-order valence-corrected chi connectivity index (χ2v) is 7.45. The largest absolute Gasteiger partial charge is 0.341 e. The van der Waals surface area contributed by atoms with Crippen LogP contribution < -0.4 is 0 Å². The molecule has 0 saturated carbocycles. The molecule has 0 aliphatic heterocycles. The molecule has 0 bridgehead atoms. The van der Waals surface area contributed by atoms with Crippen molar-refractivity contribution in [1.82, 2.24) is 25.1 Å². The minimum absolute atomic E-state index is 0.0571. The Labute approximate surface area is 141 Å². The number of hydrogen-bond acceptors (Lipinski definition) is 5. The molecular weight excluding hydrogens is 310 g/mol. The number of amides is 1. The van der Waals surface area contributed by atoms with Gasteiger partial charge in [0.15, 0.2) is 0 Å². The average Bonchev–Trinajstić information content (AvgIpc) is 2.95. The Hall–Kier alpha value is -1.89. The number of hydrogen-bond donors (Lipinski definition) is 0. The molecule has 1 aromatic carbocycles. The average molecular weight is 333 g/mol. The van der Waals surface area contributed by atoms with Gasteiger partial charge in [-0.1, -0.05) is 36.0 Å². The number of rotatable bonds is 5. The molecule has 0 atom stereocenters. The summed E-state index contributed by atoms with van der Waals surface area (Å²) in [4.78, 5) is 14.1. The van der Waals surface area contributed by atoms with Gasteiger partial charge in [-0.2, -0.15) is 0 Å². The Kier molecular flexibility index (Phi) is 5.41. The molecule has 2 aromatic rings. The van der Waals surface area contributed by atoms with Gasteiger partial charge >= 0.3 is 0 Å². The molecule has 0 fully saturated rings. The lowest BCUT2D eigenvalue weighted by Gasteiger charge is -2.20. The van der Waals surface area contributed by atoms with Gasteiger partial charge in [0.25, 0.3) is 0 Å². The Morgan fingerprint density at radius 2 is 2.00 bits per heavy atom. The molecule has 0 saturated heterocycles. The predicted octanol–water partition coefficient (Wildman–Crippen LogP) is 2.49. The molecule has 1 aromatic heterocycles. The summed E-state index contributed by atoms with van der Waals surface area (Å²) in [6, 6.07) is 8.10. The molecule has 124 valence electrons. The van der Waals surface area contributed by atoms with E-state index in [9.17, 15) is 4.79 Å². The zero-order chi connectivity index (χ0) is 17.0. The van der Waals surface area contributed by atoms with Crippen LogP contribution >= 0.6 is 11.8 Å². The lowest BCUT2D eigenvalue weighted by atomic mass is 10.1. The summed E-state index contributed by atoms with van der Waals surface area (Å²) in [5, 5.41) is 12.4. The third-order valence-electron chi connectivity index (χ3n) is 3.50. The number of benzene rings is 1. The summed E-state index contributed by atoms with van der Waals surface area (Å²) < 4.78 is 1.74. The summed E-state index contributed by atoms with van der Waals surface area (Å²) in [6.45, 7) is 8.74. The summed E-state index contributed by atoms with van der Waals surface area (Å²) in [7, 11) is 1.82. The van der Waals surface area contributed by atoms with E-state index in [2.05, 4.69) is 28.5 Å². The highest BCUT2D eigenvalue weighted by molar-refractivity contribution is 7.99. The third kappa shape index (κ3) is 4.54. The van der Waals surface area contributed by atoms with Gasteiger partial charge in [0.2, 0.25) is 11.1 Å². The van der Waals surface area contributed by atoms with E-state index in [0.717, 1.165) is 5.56 Å². The normalized spacial score (nSPS) is 11.5. The fraction of sp³-hybridized carbons (Fsp3) is 0.500. The van der Waals surface area contributed by atoms with E-state index in [1.807, 2.05) is 46.0 Å². The first-order chi connectivity index (χ1) is 10.8. The topological polar surface area (TPSA) is 63.9 Å².